The van der Waals surface area contributed by atoms with Crippen LogP contribution in [-0.4, -0.2) is 31.4 Å². The largest absolute Gasteiger partial charge is 0.317 e. The number of carbonyl (C=O) groups excluding carboxylic acids is 2. The number of thiophene rings is 1. The van der Waals surface area contributed by atoms with Gasteiger partial charge in [-0.25, -0.2) is 4.98 Å². The predicted octanol–water partition coefficient (Wildman–Crippen LogP) is 2.39. The van der Waals surface area contributed by atoms with Gasteiger partial charge in [-0.15, -0.1) is 21.5 Å². The van der Waals surface area contributed by atoms with Crippen molar-refractivity contribution in [1.29, 1.82) is 0 Å². The van der Waals surface area contributed by atoms with E-state index in [9.17, 15) is 9.59 Å². The van der Waals surface area contributed by atoms with Gasteiger partial charge in [-0.1, -0.05) is 0 Å². The molecule has 0 aliphatic rings. The fraction of sp³-hybridized carbons (Fsp3) is 0.133. The third-order valence-corrected chi connectivity index (χ3v) is 4.13. The van der Waals surface area contributed by atoms with E-state index in [-0.39, 0.29) is 11.7 Å². The summed E-state index contributed by atoms with van der Waals surface area (Å²) in [5.74, 6) is 0.721. The van der Waals surface area contributed by atoms with Crippen molar-refractivity contribution < 1.29 is 9.59 Å². The first-order chi connectivity index (χ1) is 11.0. The lowest BCUT2D eigenvalue weighted by Gasteiger charge is -2.05. The lowest BCUT2D eigenvalue weighted by molar-refractivity contribution is 0.101. The summed E-state index contributed by atoms with van der Waals surface area (Å²) in [5, 5.41) is 12.2. The van der Waals surface area contributed by atoms with Crippen LogP contribution >= 0.6 is 11.3 Å². The van der Waals surface area contributed by atoms with E-state index in [1.807, 2.05) is 7.05 Å². The molecule has 7 nitrogen and oxygen atoms in total. The highest BCUT2D eigenvalue weighted by Crippen LogP contribution is 2.20. The van der Waals surface area contributed by atoms with Crippen LogP contribution in [0.5, 0.6) is 0 Å². The lowest BCUT2D eigenvalue weighted by Crippen LogP contribution is -2.11. The number of rotatable bonds is 4. The van der Waals surface area contributed by atoms with Gasteiger partial charge in [-0.05, 0) is 25.1 Å². The molecule has 1 N–H and O–H groups in total. The van der Waals surface area contributed by atoms with Crippen LogP contribution in [0.25, 0.3) is 11.4 Å². The Hall–Kier alpha value is -2.87. The van der Waals surface area contributed by atoms with Gasteiger partial charge in [0, 0.05) is 29.8 Å². The molecule has 3 aromatic rings. The number of hydrogen-bond donors (Lipinski definition) is 1. The molecule has 0 radical (unpaired) electrons. The number of aryl methyl sites for hydroxylation is 1. The second kappa shape index (κ2) is 6.09. The highest BCUT2D eigenvalue weighted by atomic mass is 32.1. The first-order valence-electron chi connectivity index (χ1n) is 6.76. The Labute approximate surface area is 136 Å². The molecule has 23 heavy (non-hydrogen) atoms. The van der Waals surface area contributed by atoms with Crippen molar-refractivity contribution in [3.05, 3.63) is 46.5 Å². The monoisotopic (exact) mass is 327 g/mol. The highest BCUT2D eigenvalue weighted by Gasteiger charge is 2.13. The highest BCUT2D eigenvalue weighted by molar-refractivity contribution is 7.12. The summed E-state index contributed by atoms with van der Waals surface area (Å²) in [4.78, 5) is 28.1. The average molecular weight is 327 g/mol. The molecule has 116 valence electrons. The van der Waals surface area contributed by atoms with Gasteiger partial charge < -0.3 is 9.88 Å². The molecule has 0 saturated carbocycles. The summed E-state index contributed by atoms with van der Waals surface area (Å²) in [5.41, 5.74) is 1.33. The zero-order valence-corrected chi connectivity index (χ0v) is 13.3. The Kier molecular flexibility index (Phi) is 3.98. The number of aromatic nitrogens is 4. The number of anilines is 1. The van der Waals surface area contributed by atoms with Crippen LogP contribution in [0.1, 0.15) is 27.0 Å². The topological polar surface area (TPSA) is 89.8 Å². The zero-order valence-electron chi connectivity index (χ0n) is 12.5. The number of ketones is 1. The molecule has 1 amide bonds. The van der Waals surface area contributed by atoms with E-state index < -0.39 is 0 Å². The van der Waals surface area contributed by atoms with Crippen LogP contribution in [0.2, 0.25) is 0 Å². The minimum absolute atomic E-state index is 0.0669. The second-order valence-electron chi connectivity index (χ2n) is 4.91. The Balaban J connectivity index is 1.81. The first kappa shape index (κ1) is 15.0. The van der Waals surface area contributed by atoms with Gasteiger partial charge in [-0.3, -0.25) is 9.59 Å². The summed E-state index contributed by atoms with van der Waals surface area (Å²) >= 11 is 1.22. The van der Waals surface area contributed by atoms with Crippen LogP contribution in [0.3, 0.4) is 0 Å². The molecule has 0 atom stereocenters. The molecular weight excluding hydrogens is 314 g/mol. The van der Waals surface area contributed by atoms with E-state index >= 15 is 0 Å². The molecule has 8 heteroatoms. The van der Waals surface area contributed by atoms with Crippen LogP contribution < -0.4 is 5.32 Å². The van der Waals surface area contributed by atoms with Gasteiger partial charge in [-0.2, -0.15) is 0 Å². The Morgan fingerprint density at radius 1 is 1.30 bits per heavy atom. The van der Waals surface area contributed by atoms with Gasteiger partial charge >= 0.3 is 0 Å². The molecule has 0 bridgehead atoms. The maximum atomic E-state index is 12.2. The average Bonchev–Trinajstić information content (AvgIpc) is 3.16. The Morgan fingerprint density at radius 2 is 2.13 bits per heavy atom. The van der Waals surface area contributed by atoms with E-state index in [0.29, 0.717) is 22.1 Å². The standard InChI is InChI=1S/C15H13N5O2S/c1-9(21)11-5-12(23-7-11)15(22)18-13-6-10(3-4-16-13)14-19-17-8-20(14)2/h3-8H,1-2H3,(H,16,18,22). The summed E-state index contributed by atoms with van der Waals surface area (Å²) in [7, 11) is 1.84. The van der Waals surface area contributed by atoms with Crippen LogP contribution in [0, 0.1) is 0 Å². The van der Waals surface area contributed by atoms with Gasteiger partial charge in [0.2, 0.25) is 0 Å². The maximum Gasteiger partial charge on any atom is 0.266 e. The van der Waals surface area contributed by atoms with Gasteiger partial charge in [0.25, 0.3) is 5.91 Å². The zero-order chi connectivity index (χ0) is 16.4. The number of pyridine rings is 1. The number of hydrogen-bond acceptors (Lipinski definition) is 6. The number of nitrogens with one attached hydrogen (secondary N) is 1. The van der Waals surface area contributed by atoms with E-state index in [1.54, 1.807) is 40.7 Å². The molecule has 0 aliphatic heterocycles. The van der Waals surface area contributed by atoms with Crippen molar-refractivity contribution in [2.75, 3.05) is 5.32 Å². The van der Waals surface area contributed by atoms with E-state index in [1.165, 1.54) is 18.3 Å². The number of amides is 1. The van der Waals surface area contributed by atoms with E-state index in [0.717, 1.165) is 5.56 Å². The predicted molar refractivity (Wildman–Crippen MR) is 86.5 cm³/mol. The van der Waals surface area contributed by atoms with Gasteiger partial charge in [0.15, 0.2) is 11.6 Å². The molecule has 0 aromatic carbocycles. The normalized spacial score (nSPS) is 10.5. The lowest BCUT2D eigenvalue weighted by atomic mass is 10.2. The molecule has 0 fully saturated rings. The first-order valence-corrected chi connectivity index (χ1v) is 7.64. The molecule has 3 aromatic heterocycles. The number of carbonyl (C=O) groups is 2. The smallest absolute Gasteiger partial charge is 0.266 e. The molecule has 0 aliphatic carbocycles. The minimum atomic E-state index is -0.301. The molecule has 0 saturated heterocycles. The molecule has 0 spiro atoms. The van der Waals surface area contributed by atoms with Crippen LogP contribution in [0.15, 0.2) is 36.1 Å². The summed E-state index contributed by atoms with van der Waals surface area (Å²) in [6, 6.07) is 5.09. The summed E-state index contributed by atoms with van der Waals surface area (Å²) in [6.45, 7) is 1.47. The van der Waals surface area contributed by atoms with E-state index in [4.69, 9.17) is 0 Å². The summed E-state index contributed by atoms with van der Waals surface area (Å²) < 4.78 is 1.78. The van der Waals surface area contributed by atoms with Crippen molar-refractivity contribution in [3.63, 3.8) is 0 Å². The Morgan fingerprint density at radius 3 is 2.78 bits per heavy atom. The molecule has 3 heterocycles. The molecule has 0 unspecified atom stereocenters. The quantitative estimate of drug-likeness (QED) is 0.743. The third kappa shape index (κ3) is 3.16. The van der Waals surface area contributed by atoms with Crippen molar-refractivity contribution >= 4 is 28.8 Å². The maximum absolute atomic E-state index is 12.2. The number of Topliss-reactive ketones (excluding diaryl/α,β-unsaturated/α-hetero) is 1. The second-order valence-corrected chi connectivity index (χ2v) is 5.82. The SMILES string of the molecule is CC(=O)c1csc(C(=O)Nc2cc(-c3nncn3C)ccn2)c1. The molecular formula is C15H13N5O2S. The van der Waals surface area contributed by atoms with Crippen LogP contribution in [0.4, 0.5) is 5.82 Å². The van der Waals surface area contributed by atoms with Crippen molar-refractivity contribution in [2.45, 2.75) is 6.92 Å². The Bertz CT molecular complexity index is 883. The van der Waals surface area contributed by atoms with E-state index in [2.05, 4.69) is 20.5 Å². The fourth-order valence-corrected chi connectivity index (χ4v) is 2.84. The van der Waals surface area contributed by atoms with Crippen LogP contribution in [-0.2, 0) is 7.05 Å². The third-order valence-electron chi connectivity index (χ3n) is 3.20. The van der Waals surface area contributed by atoms with Crippen molar-refractivity contribution in [1.82, 2.24) is 19.7 Å². The van der Waals surface area contributed by atoms with Gasteiger partial charge in [0.05, 0.1) is 4.88 Å². The fourth-order valence-electron chi connectivity index (χ4n) is 2.00. The minimum Gasteiger partial charge on any atom is -0.317 e. The summed E-state index contributed by atoms with van der Waals surface area (Å²) in [6.07, 6.45) is 3.19. The van der Waals surface area contributed by atoms with Crippen molar-refractivity contribution in [3.8, 4) is 11.4 Å². The van der Waals surface area contributed by atoms with Crippen molar-refractivity contribution in [2.24, 2.45) is 7.05 Å². The van der Waals surface area contributed by atoms with Gasteiger partial charge in [0.1, 0.15) is 12.1 Å². The number of nitrogens with zero attached hydrogens (tertiary/aromatic N) is 4. The molecule has 3 rings (SSSR count).